The number of methoxy groups -OCH3 is 1. The van der Waals surface area contributed by atoms with Gasteiger partial charge in [-0.15, -0.1) is 0 Å². The number of esters is 1. The lowest BCUT2D eigenvalue weighted by Crippen LogP contribution is -2.25. The molecule has 0 saturated heterocycles. The molecule has 0 radical (unpaired) electrons. The van der Waals surface area contributed by atoms with E-state index in [1.165, 1.54) is 0 Å². The minimum atomic E-state index is -0.636. The summed E-state index contributed by atoms with van der Waals surface area (Å²) in [5.41, 5.74) is 2.30. The number of ether oxygens (including phenoxy) is 3. The van der Waals surface area contributed by atoms with E-state index in [0.717, 1.165) is 22.2 Å². The molecule has 0 fully saturated rings. The van der Waals surface area contributed by atoms with Crippen LogP contribution < -0.4 is 14.2 Å². The van der Waals surface area contributed by atoms with Gasteiger partial charge in [0, 0.05) is 35.3 Å². The van der Waals surface area contributed by atoms with Crippen molar-refractivity contribution in [3.8, 4) is 17.2 Å². The van der Waals surface area contributed by atoms with Gasteiger partial charge in [0.05, 0.1) is 18.1 Å². The van der Waals surface area contributed by atoms with E-state index < -0.39 is 5.41 Å². The number of hydrogen-bond acceptors (Lipinski definition) is 5. The fourth-order valence-electron chi connectivity index (χ4n) is 3.52. The molecule has 1 aliphatic rings. The fraction of sp³-hybridized carbons (Fsp3) is 0.280. The van der Waals surface area contributed by atoms with E-state index >= 15 is 0 Å². The van der Waals surface area contributed by atoms with E-state index in [1.807, 2.05) is 36.0 Å². The van der Waals surface area contributed by atoms with Gasteiger partial charge < -0.3 is 18.8 Å². The molecule has 0 amide bonds. The molecule has 0 atom stereocenters. The highest BCUT2D eigenvalue weighted by Crippen LogP contribution is 2.40. The number of hydrogen-bond donors (Lipinski definition) is 0. The van der Waals surface area contributed by atoms with Crippen LogP contribution in [0.3, 0.4) is 0 Å². The van der Waals surface area contributed by atoms with Gasteiger partial charge in [-0.2, -0.15) is 0 Å². The van der Waals surface area contributed by atoms with Crippen molar-refractivity contribution in [2.75, 3.05) is 7.11 Å². The molecule has 0 bridgehead atoms. The molecule has 0 unspecified atom stereocenters. The predicted octanol–water partition coefficient (Wildman–Crippen LogP) is 5.06. The Morgan fingerprint density at radius 3 is 2.58 bits per heavy atom. The topological polar surface area (TPSA) is 66.8 Å². The van der Waals surface area contributed by atoms with Gasteiger partial charge in [-0.05, 0) is 64.1 Å². The summed E-state index contributed by atoms with van der Waals surface area (Å²) in [4.78, 5) is 25.3. The zero-order chi connectivity index (χ0) is 22.5. The predicted molar refractivity (Wildman–Crippen MR) is 119 cm³/mol. The summed E-state index contributed by atoms with van der Waals surface area (Å²) in [7, 11) is 3.57. The Bertz CT molecular complexity index is 1260. The monoisotopic (exact) mass is 419 g/mol. The largest absolute Gasteiger partial charge is 0.497 e. The van der Waals surface area contributed by atoms with Gasteiger partial charge in [0.2, 0.25) is 5.78 Å². The Labute approximate surface area is 181 Å². The van der Waals surface area contributed by atoms with Gasteiger partial charge in [0.15, 0.2) is 5.76 Å². The van der Waals surface area contributed by atoms with E-state index in [9.17, 15) is 9.59 Å². The molecule has 0 N–H and O–H groups in total. The van der Waals surface area contributed by atoms with E-state index in [4.69, 9.17) is 14.2 Å². The summed E-state index contributed by atoms with van der Waals surface area (Å²) in [6.45, 7) is 7.15. The summed E-state index contributed by atoms with van der Waals surface area (Å²) in [6.07, 6.45) is 3.69. The van der Waals surface area contributed by atoms with Crippen LogP contribution in [0.25, 0.3) is 17.0 Å². The lowest BCUT2D eigenvalue weighted by Gasteiger charge is -2.17. The lowest BCUT2D eigenvalue weighted by atomic mass is 9.97. The molecule has 0 spiro atoms. The number of benzene rings is 2. The second-order valence-electron chi connectivity index (χ2n) is 8.72. The molecule has 160 valence electrons. The average Bonchev–Trinajstić information content (AvgIpc) is 3.20. The summed E-state index contributed by atoms with van der Waals surface area (Å²) < 4.78 is 18.8. The quantitative estimate of drug-likeness (QED) is 0.337. The van der Waals surface area contributed by atoms with Crippen LogP contribution in [-0.2, 0) is 11.8 Å². The number of aryl methyl sites for hydroxylation is 1. The molecule has 0 saturated carbocycles. The Hall–Kier alpha value is -3.54. The molecule has 3 aromatic rings. The van der Waals surface area contributed by atoms with Gasteiger partial charge in [-0.25, -0.2) is 0 Å². The maximum atomic E-state index is 13.0. The first-order chi connectivity index (χ1) is 14.6. The molecule has 0 aliphatic carbocycles. The molecule has 4 rings (SSSR count). The number of aromatic nitrogens is 1. The van der Waals surface area contributed by atoms with Crippen LogP contribution in [0, 0.1) is 12.3 Å². The number of fused-ring (bicyclic) bond motifs is 2. The van der Waals surface area contributed by atoms with Crippen LogP contribution in [0.4, 0.5) is 0 Å². The zero-order valence-electron chi connectivity index (χ0n) is 18.5. The van der Waals surface area contributed by atoms with Crippen LogP contribution in [0.1, 0.15) is 42.3 Å². The van der Waals surface area contributed by atoms with Crippen LogP contribution in [0.5, 0.6) is 17.2 Å². The molecule has 6 nitrogen and oxygen atoms in total. The molecule has 1 aliphatic heterocycles. The third-order valence-electron chi connectivity index (χ3n) is 5.37. The van der Waals surface area contributed by atoms with Crippen LogP contribution >= 0.6 is 0 Å². The number of ketones is 1. The maximum absolute atomic E-state index is 13.0. The first kappa shape index (κ1) is 20.7. The highest BCUT2D eigenvalue weighted by molar-refractivity contribution is 6.15. The van der Waals surface area contributed by atoms with E-state index in [-0.39, 0.29) is 17.5 Å². The first-order valence-electron chi connectivity index (χ1n) is 10.0. The number of rotatable bonds is 3. The van der Waals surface area contributed by atoms with Gasteiger partial charge in [-0.1, -0.05) is 0 Å². The second kappa shape index (κ2) is 7.30. The summed E-state index contributed by atoms with van der Waals surface area (Å²) in [5, 5.41) is 0.957. The molecule has 2 aromatic carbocycles. The fourth-order valence-corrected chi connectivity index (χ4v) is 3.52. The minimum absolute atomic E-state index is 0.202. The molecule has 31 heavy (non-hydrogen) atoms. The van der Waals surface area contributed by atoms with E-state index in [1.54, 1.807) is 53.0 Å². The number of carbonyl (C=O) groups is 2. The van der Waals surface area contributed by atoms with Gasteiger partial charge in [0.25, 0.3) is 0 Å². The summed E-state index contributed by atoms with van der Waals surface area (Å²) in [6, 6.07) is 9.09. The third-order valence-corrected chi connectivity index (χ3v) is 5.37. The van der Waals surface area contributed by atoms with Crippen molar-refractivity contribution in [2.24, 2.45) is 12.5 Å². The zero-order valence-corrected chi connectivity index (χ0v) is 18.5. The van der Waals surface area contributed by atoms with Crippen molar-refractivity contribution in [3.63, 3.8) is 0 Å². The van der Waals surface area contributed by atoms with Gasteiger partial charge in [0.1, 0.15) is 17.2 Å². The van der Waals surface area contributed by atoms with Gasteiger partial charge in [-0.3, -0.25) is 9.59 Å². The molecular weight excluding hydrogens is 394 g/mol. The van der Waals surface area contributed by atoms with Crippen molar-refractivity contribution >= 4 is 28.7 Å². The number of allylic oxidation sites excluding steroid dienone is 1. The number of nitrogens with zero attached hydrogens (tertiary/aromatic N) is 1. The minimum Gasteiger partial charge on any atom is -0.497 e. The molecule has 6 heteroatoms. The Morgan fingerprint density at radius 1 is 1.16 bits per heavy atom. The standard InChI is InChI=1S/C25H25NO5/c1-14-20(31-24(28)25(2,3)4)10-8-17-22(27)21(30-23(14)17)11-15-13-26(5)19-9-7-16(29-6)12-18(15)19/h7-13H,1-6H3. The smallest absolute Gasteiger partial charge is 0.316 e. The van der Waals surface area contributed by atoms with Gasteiger partial charge >= 0.3 is 5.97 Å². The lowest BCUT2D eigenvalue weighted by molar-refractivity contribution is -0.143. The van der Waals surface area contributed by atoms with E-state index in [2.05, 4.69) is 0 Å². The van der Waals surface area contributed by atoms with E-state index in [0.29, 0.717) is 22.6 Å². The van der Waals surface area contributed by atoms with Crippen molar-refractivity contribution in [1.82, 2.24) is 4.57 Å². The van der Waals surface area contributed by atoms with Crippen molar-refractivity contribution < 1.29 is 23.8 Å². The third kappa shape index (κ3) is 3.58. The number of carbonyl (C=O) groups excluding carboxylic acids is 2. The van der Waals surface area contributed by atoms with Crippen LogP contribution in [0.15, 0.2) is 42.3 Å². The highest BCUT2D eigenvalue weighted by atomic mass is 16.5. The van der Waals surface area contributed by atoms with Crippen LogP contribution in [-0.4, -0.2) is 23.4 Å². The number of Topliss-reactive ketones (excluding diaryl/α,β-unsaturated/α-hetero) is 1. The average molecular weight is 419 g/mol. The Kier molecular flexibility index (Phi) is 4.88. The normalized spacial score (nSPS) is 14.6. The Morgan fingerprint density at radius 2 is 1.90 bits per heavy atom. The summed E-state index contributed by atoms with van der Waals surface area (Å²) >= 11 is 0. The second-order valence-corrected chi connectivity index (χ2v) is 8.72. The molecule has 2 heterocycles. The maximum Gasteiger partial charge on any atom is 0.316 e. The molecular formula is C25H25NO5. The van der Waals surface area contributed by atoms with Crippen LogP contribution in [0.2, 0.25) is 0 Å². The van der Waals surface area contributed by atoms with Crippen molar-refractivity contribution in [2.45, 2.75) is 27.7 Å². The first-order valence-corrected chi connectivity index (χ1v) is 10.0. The Balaban J connectivity index is 1.71. The summed E-state index contributed by atoms with van der Waals surface area (Å²) in [5.74, 6) is 1.23. The SMILES string of the molecule is COc1ccc2c(c1)c(C=C1Oc3c(ccc(OC(=O)C(C)(C)C)c3C)C1=O)cn2C. The molecule has 1 aromatic heterocycles. The highest BCUT2D eigenvalue weighted by Gasteiger charge is 2.32. The van der Waals surface area contributed by atoms with Crippen molar-refractivity contribution in [3.05, 3.63) is 59.0 Å². The van der Waals surface area contributed by atoms with Crippen molar-refractivity contribution in [1.29, 1.82) is 0 Å².